The van der Waals surface area contributed by atoms with Crippen LogP contribution < -0.4 is 10.1 Å². The first kappa shape index (κ1) is 25.3. The average Bonchev–Trinajstić information content (AvgIpc) is 3.28. The van der Waals surface area contributed by atoms with E-state index < -0.39 is 0 Å². The first-order valence-corrected chi connectivity index (χ1v) is 12.6. The lowest BCUT2D eigenvalue weighted by Crippen LogP contribution is -2.22. The van der Waals surface area contributed by atoms with Crippen LogP contribution in [-0.4, -0.2) is 19.1 Å². The van der Waals surface area contributed by atoms with Crippen LogP contribution >= 0.6 is 0 Å². The minimum absolute atomic E-state index is 0.0949. The number of furan rings is 1. The number of amides is 1. The smallest absolute Gasteiger partial charge is 0.244 e. The summed E-state index contributed by atoms with van der Waals surface area (Å²) in [5.41, 5.74) is 9.43. The molecule has 0 unspecified atom stereocenters. The summed E-state index contributed by atoms with van der Waals surface area (Å²) in [6.45, 7) is 11.3. The van der Waals surface area contributed by atoms with Gasteiger partial charge in [-0.2, -0.15) is 0 Å². The van der Waals surface area contributed by atoms with Crippen molar-refractivity contribution in [1.82, 2.24) is 5.32 Å². The fourth-order valence-electron chi connectivity index (χ4n) is 4.74. The van der Waals surface area contributed by atoms with Crippen molar-refractivity contribution in [1.29, 1.82) is 0 Å². The van der Waals surface area contributed by atoms with Gasteiger partial charge in [-0.1, -0.05) is 54.1 Å². The Morgan fingerprint density at radius 1 is 1.03 bits per heavy atom. The third-order valence-corrected chi connectivity index (χ3v) is 6.56. The molecule has 0 fully saturated rings. The topological polar surface area (TPSA) is 51.5 Å². The molecule has 0 atom stereocenters. The standard InChI is InChI=1S/C32H35NO3/c1-6-35-31-24(5)32-28(29(20-36-32)26-15-14-21(2)17-22(26)3)19-27(31)23(4)18-30(34)33-16-10-13-25-11-8-7-9-12-25/h7-9,11-12,14-15,17-20H,6,10,13,16H2,1-5H3,(H,33,34)/b23-18+. The van der Waals surface area contributed by atoms with E-state index in [-0.39, 0.29) is 5.91 Å². The zero-order chi connectivity index (χ0) is 25.7. The lowest BCUT2D eigenvalue weighted by atomic mass is 9.94. The molecular weight excluding hydrogens is 446 g/mol. The second-order valence-electron chi connectivity index (χ2n) is 9.36. The molecule has 3 aromatic carbocycles. The van der Waals surface area contributed by atoms with Crippen LogP contribution in [0, 0.1) is 20.8 Å². The fraction of sp³-hybridized carbons (Fsp3) is 0.281. The summed E-state index contributed by atoms with van der Waals surface area (Å²) < 4.78 is 12.1. The zero-order valence-corrected chi connectivity index (χ0v) is 21.9. The summed E-state index contributed by atoms with van der Waals surface area (Å²) in [5.74, 6) is 0.666. The SMILES string of the molecule is CCOc1c(/C(C)=C/C(=O)NCCCc2ccccc2)cc2c(-c3ccc(C)cc3C)coc2c1C. The Balaban J connectivity index is 1.61. The second kappa shape index (κ2) is 11.3. The summed E-state index contributed by atoms with van der Waals surface area (Å²) in [6, 6.07) is 18.9. The van der Waals surface area contributed by atoms with Crippen LogP contribution in [0.15, 0.2) is 71.4 Å². The molecule has 1 amide bonds. The number of aryl methyl sites for hydroxylation is 4. The summed E-state index contributed by atoms with van der Waals surface area (Å²) in [5, 5.41) is 4.05. The molecule has 186 valence electrons. The van der Waals surface area contributed by atoms with Crippen LogP contribution in [-0.2, 0) is 11.2 Å². The molecule has 0 radical (unpaired) electrons. The van der Waals surface area contributed by atoms with Gasteiger partial charge in [-0.15, -0.1) is 0 Å². The number of hydrogen-bond donors (Lipinski definition) is 1. The van der Waals surface area contributed by atoms with Gasteiger partial charge >= 0.3 is 0 Å². The number of carbonyl (C=O) groups is 1. The molecule has 0 aliphatic carbocycles. The molecule has 36 heavy (non-hydrogen) atoms. The van der Waals surface area contributed by atoms with Gasteiger partial charge in [0.2, 0.25) is 5.91 Å². The number of rotatable bonds is 9. The number of nitrogens with one attached hydrogen (secondary N) is 1. The van der Waals surface area contributed by atoms with E-state index >= 15 is 0 Å². The number of ether oxygens (including phenoxy) is 1. The minimum Gasteiger partial charge on any atom is -0.493 e. The Hall–Kier alpha value is -3.79. The molecule has 1 N–H and O–H groups in total. The lowest BCUT2D eigenvalue weighted by Gasteiger charge is -2.15. The summed E-state index contributed by atoms with van der Waals surface area (Å²) in [7, 11) is 0. The fourth-order valence-corrected chi connectivity index (χ4v) is 4.74. The first-order valence-electron chi connectivity index (χ1n) is 12.6. The quantitative estimate of drug-likeness (QED) is 0.198. The zero-order valence-electron chi connectivity index (χ0n) is 21.9. The molecule has 1 heterocycles. The van der Waals surface area contributed by atoms with Crippen LogP contribution in [0.1, 0.15) is 48.1 Å². The highest BCUT2D eigenvalue weighted by Gasteiger charge is 2.20. The number of allylic oxidation sites excluding steroid dienone is 1. The summed E-state index contributed by atoms with van der Waals surface area (Å²) in [4.78, 5) is 12.7. The maximum atomic E-state index is 12.7. The van der Waals surface area contributed by atoms with Gasteiger partial charge in [0, 0.05) is 34.7 Å². The normalized spacial score (nSPS) is 11.6. The highest BCUT2D eigenvalue weighted by Crippen LogP contribution is 2.41. The van der Waals surface area contributed by atoms with E-state index in [0.29, 0.717) is 13.2 Å². The van der Waals surface area contributed by atoms with Gasteiger partial charge in [0.25, 0.3) is 0 Å². The molecule has 0 spiro atoms. The van der Waals surface area contributed by atoms with E-state index in [1.54, 1.807) is 6.08 Å². The molecule has 4 rings (SSSR count). The Labute approximate surface area is 214 Å². The van der Waals surface area contributed by atoms with E-state index in [0.717, 1.165) is 57.4 Å². The van der Waals surface area contributed by atoms with Crippen molar-refractivity contribution in [3.8, 4) is 16.9 Å². The third kappa shape index (κ3) is 5.54. The molecule has 4 aromatic rings. The third-order valence-electron chi connectivity index (χ3n) is 6.56. The van der Waals surface area contributed by atoms with Gasteiger partial charge in [0.05, 0.1) is 12.9 Å². The molecular formula is C32H35NO3. The van der Waals surface area contributed by atoms with Crippen LogP contribution in [0.25, 0.3) is 27.7 Å². The van der Waals surface area contributed by atoms with E-state index in [4.69, 9.17) is 9.15 Å². The predicted octanol–water partition coefficient (Wildman–Crippen LogP) is 7.58. The van der Waals surface area contributed by atoms with Crippen molar-refractivity contribution >= 4 is 22.4 Å². The van der Waals surface area contributed by atoms with Crippen LogP contribution in [0.3, 0.4) is 0 Å². The Morgan fingerprint density at radius 2 is 1.81 bits per heavy atom. The molecule has 4 heteroatoms. The highest BCUT2D eigenvalue weighted by atomic mass is 16.5. The van der Waals surface area contributed by atoms with Gasteiger partial charge in [0.1, 0.15) is 11.3 Å². The van der Waals surface area contributed by atoms with Gasteiger partial charge < -0.3 is 14.5 Å². The summed E-state index contributed by atoms with van der Waals surface area (Å²) >= 11 is 0. The largest absolute Gasteiger partial charge is 0.493 e. The molecule has 0 aliphatic rings. The number of carbonyl (C=O) groups excluding carboxylic acids is 1. The van der Waals surface area contributed by atoms with Gasteiger partial charge in [0.15, 0.2) is 0 Å². The monoisotopic (exact) mass is 481 g/mol. The van der Waals surface area contributed by atoms with Gasteiger partial charge in [-0.25, -0.2) is 0 Å². The van der Waals surface area contributed by atoms with E-state index in [1.165, 1.54) is 16.7 Å². The van der Waals surface area contributed by atoms with Gasteiger partial charge in [-0.05, 0) is 75.8 Å². The first-order chi connectivity index (χ1) is 17.4. The molecule has 4 nitrogen and oxygen atoms in total. The predicted molar refractivity (Wildman–Crippen MR) is 148 cm³/mol. The van der Waals surface area contributed by atoms with Crippen LogP contribution in [0.4, 0.5) is 0 Å². The minimum atomic E-state index is -0.0949. The van der Waals surface area contributed by atoms with E-state index in [2.05, 4.69) is 55.6 Å². The second-order valence-corrected chi connectivity index (χ2v) is 9.36. The maximum Gasteiger partial charge on any atom is 0.244 e. The Morgan fingerprint density at radius 3 is 2.53 bits per heavy atom. The van der Waals surface area contributed by atoms with Crippen molar-refractivity contribution in [3.63, 3.8) is 0 Å². The van der Waals surface area contributed by atoms with Crippen molar-refractivity contribution in [2.75, 3.05) is 13.2 Å². The molecule has 0 saturated heterocycles. The highest BCUT2D eigenvalue weighted by molar-refractivity contribution is 6.02. The maximum absolute atomic E-state index is 12.7. The van der Waals surface area contributed by atoms with Crippen LogP contribution in [0.5, 0.6) is 5.75 Å². The molecule has 0 aliphatic heterocycles. The van der Waals surface area contributed by atoms with Crippen LogP contribution in [0.2, 0.25) is 0 Å². The number of benzene rings is 3. The Kier molecular flexibility index (Phi) is 7.94. The van der Waals surface area contributed by atoms with E-state index in [9.17, 15) is 4.79 Å². The lowest BCUT2D eigenvalue weighted by molar-refractivity contribution is -0.116. The van der Waals surface area contributed by atoms with Crippen molar-refractivity contribution in [3.05, 3.63) is 94.8 Å². The molecule has 0 bridgehead atoms. The number of hydrogen-bond acceptors (Lipinski definition) is 3. The molecule has 0 saturated carbocycles. The van der Waals surface area contributed by atoms with E-state index in [1.807, 2.05) is 45.2 Å². The molecule has 1 aromatic heterocycles. The average molecular weight is 482 g/mol. The van der Waals surface area contributed by atoms with Crippen molar-refractivity contribution in [2.24, 2.45) is 0 Å². The summed E-state index contributed by atoms with van der Waals surface area (Å²) in [6.07, 6.45) is 5.33. The van der Waals surface area contributed by atoms with Gasteiger partial charge in [-0.3, -0.25) is 4.79 Å². The van der Waals surface area contributed by atoms with Crippen molar-refractivity contribution < 1.29 is 13.9 Å². The number of fused-ring (bicyclic) bond motifs is 1. The van der Waals surface area contributed by atoms with Crippen molar-refractivity contribution in [2.45, 2.75) is 47.5 Å². The Bertz CT molecular complexity index is 1400.